The number of hydrogen-bond donors (Lipinski definition) is 0. The van der Waals surface area contributed by atoms with Crippen molar-refractivity contribution in [3.63, 3.8) is 0 Å². The van der Waals surface area contributed by atoms with Crippen molar-refractivity contribution >= 4 is 21.8 Å². The van der Waals surface area contributed by atoms with Crippen molar-refractivity contribution in [3.8, 4) is 11.5 Å². The van der Waals surface area contributed by atoms with E-state index in [1.165, 1.54) is 11.2 Å². The second-order valence-corrected chi connectivity index (χ2v) is 13.3. The molecule has 5 atom stereocenters. The van der Waals surface area contributed by atoms with E-state index in [1.54, 1.807) is 20.0 Å². The molecule has 1 saturated carbocycles. The number of Topliss-reactive ketones (excluding diaryl/α,β-unsaturated/α-hetero) is 1. The van der Waals surface area contributed by atoms with E-state index >= 15 is 0 Å². The lowest BCUT2D eigenvalue weighted by molar-refractivity contribution is -0.132. The number of carbonyl (C=O) groups is 2. The second-order valence-electron chi connectivity index (χ2n) is 11.3. The molecule has 6 rings (SSSR count). The first-order chi connectivity index (χ1) is 18.1. The molecule has 2 aliphatic carbocycles. The number of esters is 1. The summed E-state index contributed by atoms with van der Waals surface area (Å²) in [6.07, 6.45) is 2.66. The molecule has 2 aromatic carbocycles. The average molecular weight is 539 g/mol. The van der Waals surface area contributed by atoms with Crippen LogP contribution >= 0.6 is 0 Å². The normalized spacial score (nSPS) is 29.5. The van der Waals surface area contributed by atoms with Crippen molar-refractivity contribution in [2.75, 3.05) is 20.1 Å². The molecule has 0 amide bonds. The van der Waals surface area contributed by atoms with Crippen LogP contribution in [0.2, 0.25) is 0 Å². The quantitative estimate of drug-likeness (QED) is 0.395. The number of likely N-dealkylation sites (N-methyl/N-ethyl adjacent to an activating group) is 1. The molecule has 2 fully saturated rings. The van der Waals surface area contributed by atoms with Crippen molar-refractivity contribution < 1.29 is 27.5 Å². The van der Waals surface area contributed by atoms with Crippen LogP contribution in [-0.2, 0) is 37.2 Å². The van der Waals surface area contributed by atoms with Crippen LogP contribution in [0.4, 0.5) is 0 Å². The Labute approximate surface area is 223 Å². The Kier molecular flexibility index (Phi) is 6.16. The summed E-state index contributed by atoms with van der Waals surface area (Å²) < 4.78 is 41.1. The van der Waals surface area contributed by atoms with Crippen molar-refractivity contribution in [3.05, 3.63) is 59.2 Å². The minimum absolute atomic E-state index is 0.0735. The number of benzene rings is 2. The van der Waals surface area contributed by atoms with Crippen LogP contribution in [-0.4, -0.2) is 67.7 Å². The number of sulfonamides is 1. The molecule has 0 unspecified atom stereocenters. The Hall–Kier alpha value is -2.75. The molecule has 1 saturated heterocycles. The first kappa shape index (κ1) is 25.5. The third-order valence-corrected chi connectivity index (χ3v) is 11.0. The Morgan fingerprint density at radius 2 is 1.89 bits per heavy atom. The van der Waals surface area contributed by atoms with E-state index in [1.807, 2.05) is 36.4 Å². The van der Waals surface area contributed by atoms with Gasteiger partial charge in [0.15, 0.2) is 11.5 Å². The highest BCUT2D eigenvalue weighted by atomic mass is 32.2. The van der Waals surface area contributed by atoms with Gasteiger partial charge in [-0.25, -0.2) is 8.42 Å². The average Bonchev–Trinajstić information content (AvgIpc) is 3.21. The van der Waals surface area contributed by atoms with Crippen molar-refractivity contribution in [1.29, 1.82) is 0 Å². The standard InChI is InChI=1S/C29H34N2O6S/c1-18(32)16-31-14-13-29-22-10-11-23(30(3)38(34,35)17-20-7-5-4-6-8-20)28(29)37-27-25(36-19(2)33)12-9-21(26(27)29)15-24(22)31/h4-9,12,22-24,28H,10-11,13-17H2,1-3H3/t22-,23+,24+,28-,29-/m0/s1. The molecular formula is C29H34N2O6S. The molecule has 4 aliphatic rings. The van der Waals surface area contributed by atoms with E-state index < -0.39 is 27.5 Å². The van der Waals surface area contributed by atoms with Gasteiger partial charge in [-0.15, -0.1) is 0 Å². The summed E-state index contributed by atoms with van der Waals surface area (Å²) in [7, 11) is -1.95. The summed E-state index contributed by atoms with van der Waals surface area (Å²) in [6.45, 7) is 4.17. The molecule has 1 spiro atoms. The molecule has 2 bridgehead atoms. The first-order valence-electron chi connectivity index (χ1n) is 13.4. The zero-order valence-corrected chi connectivity index (χ0v) is 22.9. The summed E-state index contributed by atoms with van der Waals surface area (Å²) >= 11 is 0. The van der Waals surface area contributed by atoms with E-state index in [0.29, 0.717) is 24.5 Å². The zero-order chi connectivity index (χ0) is 26.8. The molecule has 9 heteroatoms. The van der Waals surface area contributed by atoms with Crippen molar-refractivity contribution in [2.24, 2.45) is 5.92 Å². The Balaban J connectivity index is 1.42. The Morgan fingerprint density at radius 1 is 1.13 bits per heavy atom. The lowest BCUT2D eigenvalue weighted by Gasteiger charge is -2.60. The van der Waals surface area contributed by atoms with Gasteiger partial charge >= 0.3 is 5.97 Å². The molecule has 0 aromatic heterocycles. The Bertz CT molecular complexity index is 1390. The first-order valence-corrected chi connectivity index (χ1v) is 15.0. The number of rotatable bonds is 7. The van der Waals surface area contributed by atoms with Gasteiger partial charge in [-0.05, 0) is 62.3 Å². The van der Waals surface area contributed by atoms with Crippen molar-refractivity contribution in [1.82, 2.24) is 9.21 Å². The number of ketones is 1. The summed E-state index contributed by atoms with van der Waals surface area (Å²) in [5.41, 5.74) is 2.58. The van der Waals surface area contributed by atoms with Gasteiger partial charge in [0.05, 0.1) is 18.3 Å². The molecule has 0 radical (unpaired) electrons. The number of carbonyl (C=O) groups excluding carboxylic acids is 2. The molecule has 8 nitrogen and oxygen atoms in total. The smallest absolute Gasteiger partial charge is 0.308 e. The minimum Gasteiger partial charge on any atom is -0.484 e. The van der Waals surface area contributed by atoms with Gasteiger partial charge < -0.3 is 9.47 Å². The molecule has 0 N–H and O–H groups in total. The molecule has 2 aromatic rings. The number of piperidine rings is 1. The number of likely N-dealkylation sites (tertiary alicyclic amines) is 1. The highest BCUT2D eigenvalue weighted by molar-refractivity contribution is 7.88. The molecule has 2 heterocycles. The monoisotopic (exact) mass is 538 g/mol. The number of ether oxygens (including phenoxy) is 2. The third-order valence-electron chi connectivity index (χ3n) is 9.16. The zero-order valence-electron chi connectivity index (χ0n) is 22.1. The summed E-state index contributed by atoms with van der Waals surface area (Å²) in [5, 5.41) is 0. The molecule has 38 heavy (non-hydrogen) atoms. The maximum atomic E-state index is 13.6. The fourth-order valence-electron chi connectivity index (χ4n) is 7.77. The lowest BCUT2D eigenvalue weighted by Crippen LogP contribution is -2.69. The van der Waals surface area contributed by atoms with Gasteiger partial charge in [-0.2, -0.15) is 4.31 Å². The van der Waals surface area contributed by atoms with E-state index in [9.17, 15) is 18.0 Å². The van der Waals surface area contributed by atoms with Crippen LogP contribution in [0.15, 0.2) is 42.5 Å². The maximum absolute atomic E-state index is 13.6. The summed E-state index contributed by atoms with van der Waals surface area (Å²) in [6, 6.07) is 12.9. The van der Waals surface area contributed by atoms with Gasteiger partial charge in [0, 0.05) is 31.0 Å². The van der Waals surface area contributed by atoms with Crippen LogP contribution < -0.4 is 9.47 Å². The van der Waals surface area contributed by atoms with Crippen LogP contribution in [0, 0.1) is 5.92 Å². The third kappa shape index (κ3) is 3.89. The summed E-state index contributed by atoms with van der Waals surface area (Å²) in [5.74, 6) is 0.873. The van der Waals surface area contributed by atoms with Crippen LogP contribution in [0.25, 0.3) is 0 Å². The topological polar surface area (TPSA) is 93.2 Å². The van der Waals surface area contributed by atoms with Crippen LogP contribution in [0.3, 0.4) is 0 Å². The predicted octanol–water partition coefficient (Wildman–Crippen LogP) is 3.07. The second kappa shape index (κ2) is 9.17. The Morgan fingerprint density at radius 3 is 2.61 bits per heavy atom. The van der Waals surface area contributed by atoms with Gasteiger partial charge in [0.2, 0.25) is 10.0 Å². The van der Waals surface area contributed by atoms with Gasteiger partial charge in [-0.1, -0.05) is 36.4 Å². The fraction of sp³-hybridized carbons (Fsp3) is 0.517. The van der Waals surface area contributed by atoms with Gasteiger partial charge in [0.25, 0.3) is 0 Å². The predicted molar refractivity (Wildman–Crippen MR) is 142 cm³/mol. The maximum Gasteiger partial charge on any atom is 0.308 e. The molecular weight excluding hydrogens is 504 g/mol. The highest BCUT2D eigenvalue weighted by Crippen LogP contribution is 2.64. The highest BCUT2D eigenvalue weighted by Gasteiger charge is 2.66. The van der Waals surface area contributed by atoms with Crippen LogP contribution in [0.5, 0.6) is 11.5 Å². The molecule has 2 aliphatic heterocycles. The van der Waals surface area contributed by atoms with E-state index in [0.717, 1.165) is 42.5 Å². The van der Waals surface area contributed by atoms with E-state index in [2.05, 4.69) is 4.90 Å². The minimum atomic E-state index is -3.62. The number of hydrogen-bond acceptors (Lipinski definition) is 7. The van der Waals surface area contributed by atoms with Crippen molar-refractivity contribution in [2.45, 2.75) is 68.9 Å². The van der Waals surface area contributed by atoms with E-state index in [-0.39, 0.29) is 29.5 Å². The number of nitrogens with zero attached hydrogens (tertiary/aromatic N) is 2. The summed E-state index contributed by atoms with van der Waals surface area (Å²) in [4.78, 5) is 26.3. The van der Waals surface area contributed by atoms with Gasteiger partial charge in [-0.3, -0.25) is 14.5 Å². The van der Waals surface area contributed by atoms with Gasteiger partial charge in [0.1, 0.15) is 11.9 Å². The fourth-order valence-corrected chi connectivity index (χ4v) is 9.22. The van der Waals surface area contributed by atoms with E-state index in [4.69, 9.17) is 9.47 Å². The SMILES string of the molecule is CC(=O)CN1CC[C@]23c4c5ccc(OC(C)=O)c4O[C@H]2[C@H](N(C)S(=O)(=O)Cc2ccccc2)CC[C@H]3[C@H]1C5. The largest absolute Gasteiger partial charge is 0.484 e. The van der Waals surface area contributed by atoms with Crippen LogP contribution in [0.1, 0.15) is 49.8 Å². The lowest BCUT2D eigenvalue weighted by atomic mass is 9.51. The molecule has 202 valence electrons.